The number of rotatable bonds is 5. The lowest BCUT2D eigenvalue weighted by Gasteiger charge is -2.14. The molecule has 0 aliphatic rings. The molecule has 2 heterocycles. The van der Waals surface area contributed by atoms with Gasteiger partial charge in [0.25, 0.3) is 0 Å². The first-order valence-corrected chi connectivity index (χ1v) is 21.4. The standard InChI is InChI=1S/C60H38N2/c1-2-13-46(14-3-1)61-56-20-10-8-17-50(56)54-36-43(30-34-58(54)61)44-31-35-59-55(37-44)51-18-9-11-21-57(51)62(59)47-32-28-40(29-33-47)39-22-24-42(25-23-39)53-38-45-27-26-41-12-4-5-15-48(41)60(45)52-19-7-6-16-49(52)53/h1-38H. The molecule has 0 fully saturated rings. The van der Waals surface area contributed by atoms with Gasteiger partial charge in [-0.3, -0.25) is 0 Å². The molecule has 288 valence electrons. The van der Waals surface area contributed by atoms with Gasteiger partial charge in [0.15, 0.2) is 0 Å². The maximum Gasteiger partial charge on any atom is 0.0541 e. The summed E-state index contributed by atoms with van der Waals surface area (Å²) in [6.07, 6.45) is 0. The molecule has 62 heavy (non-hydrogen) atoms. The Kier molecular flexibility index (Phi) is 7.64. The molecule has 13 rings (SSSR count). The summed E-state index contributed by atoms with van der Waals surface area (Å²) in [5.41, 5.74) is 14.5. The van der Waals surface area contributed by atoms with Crippen molar-refractivity contribution in [3.05, 3.63) is 231 Å². The van der Waals surface area contributed by atoms with E-state index in [1.807, 2.05) is 0 Å². The molecule has 0 amide bonds. The third-order valence-electron chi connectivity index (χ3n) is 13.1. The molecule has 2 nitrogen and oxygen atoms in total. The highest BCUT2D eigenvalue weighted by molar-refractivity contribution is 6.23. The summed E-state index contributed by atoms with van der Waals surface area (Å²) < 4.78 is 4.78. The van der Waals surface area contributed by atoms with Crippen LogP contribution < -0.4 is 0 Å². The van der Waals surface area contributed by atoms with E-state index in [9.17, 15) is 0 Å². The van der Waals surface area contributed by atoms with E-state index in [0.29, 0.717) is 0 Å². The number of hydrogen-bond acceptors (Lipinski definition) is 0. The van der Waals surface area contributed by atoms with Gasteiger partial charge < -0.3 is 9.13 Å². The number of hydrogen-bond donors (Lipinski definition) is 0. The molecule has 0 saturated carbocycles. The summed E-state index contributed by atoms with van der Waals surface area (Å²) in [5.74, 6) is 0. The van der Waals surface area contributed by atoms with Crippen molar-refractivity contribution in [1.82, 2.24) is 9.13 Å². The third kappa shape index (κ3) is 5.30. The molecule has 0 aliphatic heterocycles. The van der Waals surface area contributed by atoms with E-state index in [1.165, 1.54) is 115 Å². The smallest absolute Gasteiger partial charge is 0.0541 e. The molecule has 0 unspecified atom stereocenters. The van der Waals surface area contributed by atoms with Crippen LogP contribution in [0.2, 0.25) is 0 Å². The number of fused-ring (bicyclic) bond motifs is 11. The molecule has 0 radical (unpaired) electrons. The zero-order valence-corrected chi connectivity index (χ0v) is 33.8. The van der Waals surface area contributed by atoms with E-state index in [1.54, 1.807) is 0 Å². The molecular formula is C60H38N2. The lowest BCUT2D eigenvalue weighted by molar-refractivity contribution is 1.18. The topological polar surface area (TPSA) is 9.86 Å². The second kappa shape index (κ2) is 13.7. The molecule has 0 bridgehead atoms. The Morgan fingerprint density at radius 1 is 0.226 bits per heavy atom. The van der Waals surface area contributed by atoms with E-state index < -0.39 is 0 Å². The van der Waals surface area contributed by atoms with Gasteiger partial charge in [0.1, 0.15) is 0 Å². The van der Waals surface area contributed by atoms with E-state index in [0.717, 1.165) is 5.69 Å². The molecule has 0 saturated heterocycles. The highest BCUT2D eigenvalue weighted by atomic mass is 15.0. The summed E-state index contributed by atoms with van der Waals surface area (Å²) >= 11 is 0. The quantitative estimate of drug-likeness (QED) is 0.154. The maximum atomic E-state index is 2.41. The fourth-order valence-electron chi connectivity index (χ4n) is 10.2. The largest absolute Gasteiger partial charge is 0.309 e. The maximum absolute atomic E-state index is 2.41. The van der Waals surface area contributed by atoms with Crippen LogP contribution in [0.25, 0.3) is 121 Å². The van der Waals surface area contributed by atoms with Gasteiger partial charge in [0, 0.05) is 32.9 Å². The first-order valence-electron chi connectivity index (χ1n) is 21.4. The first kappa shape index (κ1) is 34.6. The van der Waals surface area contributed by atoms with E-state index in [2.05, 4.69) is 240 Å². The van der Waals surface area contributed by atoms with Crippen LogP contribution in [0.3, 0.4) is 0 Å². The van der Waals surface area contributed by atoms with Gasteiger partial charge in [-0.25, -0.2) is 0 Å². The first-order chi connectivity index (χ1) is 30.7. The Bertz CT molecular complexity index is 3890. The molecular weight excluding hydrogens is 749 g/mol. The molecule has 13 aromatic rings. The molecule has 2 aromatic heterocycles. The minimum Gasteiger partial charge on any atom is -0.309 e. The molecule has 11 aromatic carbocycles. The average molecular weight is 787 g/mol. The minimum atomic E-state index is 1.15. The summed E-state index contributed by atoms with van der Waals surface area (Å²) in [5, 5.41) is 12.8. The zero-order chi connectivity index (χ0) is 40.7. The van der Waals surface area contributed by atoms with Crippen LogP contribution >= 0.6 is 0 Å². The highest BCUT2D eigenvalue weighted by Gasteiger charge is 2.17. The SMILES string of the molecule is c1ccc(-n2c3ccccc3c3cc(-c4ccc5c(c4)c4ccccc4n5-c4ccc(-c5ccc(-c6cc7ccc8ccccc8c7c7ccccc67)cc5)cc4)ccc32)cc1. The predicted octanol–water partition coefficient (Wildman–Crippen LogP) is 16.3. The number of nitrogens with zero attached hydrogens (tertiary/aromatic N) is 2. The second-order valence-electron chi connectivity index (χ2n) is 16.5. The van der Waals surface area contributed by atoms with Crippen molar-refractivity contribution in [2.24, 2.45) is 0 Å². The Balaban J connectivity index is 0.857. The molecule has 0 spiro atoms. The van der Waals surface area contributed by atoms with Gasteiger partial charge in [0.2, 0.25) is 0 Å². The van der Waals surface area contributed by atoms with Gasteiger partial charge in [-0.05, 0) is 132 Å². The van der Waals surface area contributed by atoms with Crippen molar-refractivity contribution in [1.29, 1.82) is 0 Å². The number of benzene rings is 11. The van der Waals surface area contributed by atoms with Crippen molar-refractivity contribution in [2.75, 3.05) is 0 Å². The Hall–Kier alpha value is -8.20. The fraction of sp³-hybridized carbons (Fsp3) is 0. The van der Waals surface area contributed by atoms with Crippen LogP contribution in [0.15, 0.2) is 231 Å². The summed E-state index contributed by atoms with van der Waals surface area (Å²) in [7, 11) is 0. The van der Waals surface area contributed by atoms with E-state index in [-0.39, 0.29) is 0 Å². The summed E-state index contributed by atoms with van der Waals surface area (Å²) in [6, 6.07) is 84.7. The predicted molar refractivity (Wildman–Crippen MR) is 264 cm³/mol. The van der Waals surface area contributed by atoms with Crippen molar-refractivity contribution >= 4 is 75.9 Å². The third-order valence-corrected chi connectivity index (χ3v) is 13.1. The molecule has 0 atom stereocenters. The van der Waals surface area contributed by atoms with Crippen molar-refractivity contribution < 1.29 is 0 Å². The fourth-order valence-corrected chi connectivity index (χ4v) is 10.2. The average Bonchev–Trinajstić information content (AvgIpc) is 3.86. The lowest BCUT2D eigenvalue weighted by Crippen LogP contribution is -1.94. The van der Waals surface area contributed by atoms with Crippen molar-refractivity contribution in [3.8, 4) is 44.8 Å². The van der Waals surface area contributed by atoms with Crippen LogP contribution in [-0.2, 0) is 0 Å². The number of aromatic nitrogens is 2. The Morgan fingerprint density at radius 3 is 1.29 bits per heavy atom. The lowest BCUT2D eigenvalue weighted by atomic mass is 9.90. The van der Waals surface area contributed by atoms with Gasteiger partial charge in [0.05, 0.1) is 22.1 Å². The van der Waals surface area contributed by atoms with Crippen molar-refractivity contribution in [3.63, 3.8) is 0 Å². The Labute approximate surface area is 358 Å². The van der Waals surface area contributed by atoms with Crippen LogP contribution in [0.1, 0.15) is 0 Å². The van der Waals surface area contributed by atoms with E-state index in [4.69, 9.17) is 0 Å². The van der Waals surface area contributed by atoms with Crippen LogP contribution in [-0.4, -0.2) is 9.13 Å². The Morgan fingerprint density at radius 2 is 0.661 bits per heavy atom. The molecule has 2 heteroatoms. The summed E-state index contributed by atoms with van der Waals surface area (Å²) in [6.45, 7) is 0. The van der Waals surface area contributed by atoms with Crippen LogP contribution in [0.4, 0.5) is 0 Å². The van der Waals surface area contributed by atoms with Crippen molar-refractivity contribution in [2.45, 2.75) is 0 Å². The van der Waals surface area contributed by atoms with Gasteiger partial charge in [-0.15, -0.1) is 0 Å². The zero-order valence-electron chi connectivity index (χ0n) is 33.8. The van der Waals surface area contributed by atoms with Crippen LogP contribution in [0, 0.1) is 0 Å². The normalized spacial score (nSPS) is 11.9. The summed E-state index contributed by atoms with van der Waals surface area (Å²) in [4.78, 5) is 0. The minimum absolute atomic E-state index is 1.15. The van der Waals surface area contributed by atoms with E-state index >= 15 is 0 Å². The molecule has 0 aliphatic carbocycles. The highest BCUT2D eigenvalue weighted by Crippen LogP contribution is 2.41. The van der Waals surface area contributed by atoms with Crippen LogP contribution in [0.5, 0.6) is 0 Å². The second-order valence-corrected chi connectivity index (χ2v) is 16.5. The van der Waals surface area contributed by atoms with Gasteiger partial charge in [-0.2, -0.15) is 0 Å². The number of para-hydroxylation sites is 3. The monoisotopic (exact) mass is 786 g/mol. The van der Waals surface area contributed by atoms with Gasteiger partial charge in [-0.1, -0.05) is 164 Å². The molecule has 0 N–H and O–H groups in total. The van der Waals surface area contributed by atoms with Gasteiger partial charge >= 0.3 is 0 Å².